The van der Waals surface area contributed by atoms with E-state index in [1.807, 2.05) is 18.2 Å². The molecule has 0 radical (unpaired) electrons. The fourth-order valence-electron chi connectivity index (χ4n) is 3.36. The standard InChI is InChI=1S/C19H19N3O2S/c1-13-11-17(21-24-13)20-18(23)12-22-9-7-16-15(8-10-25-16)19(22)14-5-3-2-4-6-14/h2-6,8,10-11,19H,7,9,12H2,1H3,(H,20,21,23)/t19-/m1/s1. The molecule has 1 atom stereocenters. The molecule has 1 aliphatic heterocycles. The van der Waals surface area contributed by atoms with E-state index in [9.17, 15) is 4.79 Å². The zero-order valence-corrected chi connectivity index (χ0v) is 14.8. The lowest BCUT2D eigenvalue weighted by Crippen LogP contribution is -2.40. The Morgan fingerprint density at radius 2 is 2.20 bits per heavy atom. The summed E-state index contributed by atoms with van der Waals surface area (Å²) in [6.45, 7) is 2.98. The monoisotopic (exact) mass is 353 g/mol. The van der Waals surface area contributed by atoms with E-state index in [4.69, 9.17) is 4.52 Å². The Labute approximate surface area is 150 Å². The number of nitrogens with one attached hydrogen (secondary N) is 1. The van der Waals surface area contributed by atoms with E-state index >= 15 is 0 Å². The Morgan fingerprint density at radius 1 is 1.36 bits per heavy atom. The van der Waals surface area contributed by atoms with Gasteiger partial charge in [-0.15, -0.1) is 11.3 Å². The number of anilines is 1. The van der Waals surface area contributed by atoms with Crippen LogP contribution in [0.3, 0.4) is 0 Å². The van der Waals surface area contributed by atoms with Crippen LogP contribution in [0.25, 0.3) is 0 Å². The SMILES string of the molecule is Cc1cc(NC(=O)CN2CCc3sccc3[C@H]2c2ccccc2)no1. The molecule has 6 heteroatoms. The van der Waals surface area contributed by atoms with Gasteiger partial charge in [0.15, 0.2) is 5.82 Å². The predicted molar refractivity (Wildman–Crippen MR) is 97.8 cm³/mol. The first-order chi connectivity index (χ1) is 12.2. The minimum atomic E-state index is -0.0760. The molecule has 3 aromatic rings. The van der Waals surface area contributed by atoms with Crippen LogP contribution in [0.4, 0.5) is 5.82 Å². The number of nitrogens with zero attached hydrogens (tertiary/aromatic N) is 2. The summed E-state index contributed by atoms with van der Waals surface area (Å²) in [7, 11) is 0. The first-order valence-electron chi connectivity index (χ1n) is 8.29. The normalized spacial score (nSPS) is 17.2. The Morgan fingerprint density at radius 3 is 2.96 bits per heavy atom. The highest BCUT2D eigenvalue weighted by molar-refractivity contribution is 7.10. The number of aryl methyl sites for hydroxylation is 1. The third-order valence-corrected chi connectivity index (χ3v) is 5.42. The van der Waals surface area contributed by atoms with Gasteiger partial charge in [0.1, 0.15) is 5.76 Å². The van der Waals surface area contributed by atoms with E-state index in [0.717, 1.165) is 13.0 Å². The van der Waals surface area contributed by atoms with Gasteiger partial charge in [-0.25, -0.2) is 0 Å². The molecule has 1 amide bonds. The molecule has 128 valence electrons. The summed E-state index contributed by atoms with van der Waals surface area (Å²) in [5, 5.41) is 8.79. The van der Waals surface area contributed by atoms with Crippen molar-refractivity contribution < 1.29 is 9.32 Å². The third-order valence-electron chi connectivity index (χ3n) is 4.42. The Kier molecular flexibility index (Phi) is 4.38. The number of carbonyl (C=O) groups excluding carboxylic acids is 1. The number of hydrogen-bond donors (Lipinski definition) is 1. The van der Waals surface area contributed by atoms with Crippen molar-refractivity contribution in [2.75, 3.05) is 18.4 Å². The maximum absolute atomic E-state index is 12.5. The van der Waals surface area contributed by atoms with Crippen LogP contribution in [0.5, 0.6) is 0 Å². The molecule has 0 unspecified atom stereocenters. The van der Waals surface area contributed by atoms with Gasteiger partial charge >= 0.3 is 0 Å². The van der Waals surface area contributed by atoms with Gasteiger partial charge in [0.2, 0.25) is 5.91 Å². The van der Waals surface area contributed by atoms with E-state index < -0.39 is 0 Å². The smallest absolute Gasteiger partial charge is 0.239 e. The zero-order valence-electron chi connectivity index (χ0n) is 13.9. The van der Waals surface area contributed by atoms with Crippen molar-refractivity contribution in [1.82, 2.24) is 10.1 Å². The lowest BCUT2D eigenvalue weighted by molar-refractivity contribution is -0.117. The molecule has 1 aliphatic rings. The van der Waals surface area contributed by atoms with E-state index in [1.54, 1.807) is 24.3 Å². The van der Waals surface area contributed by atoms with Gasteiger partial charge < -0.3 is 9.84 Å². The molecule has 0 aliphatic carbocycles. The van der Waals surface area contributed by atoms with Gasteiger partial charge in [-0.3, -0.25) is 9.69 Å². The molecule has 5 nitrogen and oxygen atoms in total. The first-order valence-corrected chi connectivity index (χ1v) is 9.17. The Balaban J connectivity index is 1.56. The highest BCUT2D eigenvalue weighted by Crippen LogP contribution is 2.37. The average Bonchev–Trinajstić information content (AvgIpc) is 3.24. The number of hydrogen-bond acceptors (Lipinski definition) is 5. The fraction of sp³-hybridized carbons (Fsp3) is 0.263. The van der Waals surface area contributed by atoms with Crippen molar-refractivity contribution in [2.45, 2.75) is 19.4 Å². The number of carbonyl (C=O) groups is 1. The van der Waals surface area contributed by atoms with Crippen LogP contribution in [0.2, 0.25) is 0 Å². The van der Waals surface area contributed by atoms with Crippen LogP contribution in [0, 0.1) is 6.92 Å². The van der Waals surface area contributed by atoms with Crippen molar-refractivity contribution >= 4 is 23.1 Å². The maximum atomic E-state index is 12.5. The van der Waals surface area contributed by atoms with Gasteiger partial charge in [0.05, 0.1) is 12.6 Å². The van der Waals surface area contributed by atoms with Crippen molar-refractivity contribution in [3.8, 4) is 0 Å². The molecule has 0 spiro atoms. The molecule has 1 N–H and O–H groups in total. The lowest BCUT2D eigenvalue weighted by atomic mass is 9.93. The highest BCUT2D eigenvalue weighted by atomic mass is 32.1. The predicted octanol–water partition coefficient (Wildman–Crippen LogP) is 3.63. The minimum Gasteiger partial charge on any atom is -0.360 e. The topological polar surface area (TPSA) is 58.4 Å². The van der Waals surface area contributed by atoms with E-state index in [2.05, 4.69) is 39.0 Å². The van der Waals surface area contributed by atoms with E-state index in [-0.39, 0.29) is 11.9 Å². The molecule has 0 bridgehead atoms. The van der Waals surface area contributed by atoms with Gasteiger partial charge in [-0.05, 0) is 35.9 Å². The van der Waals surface area contributed by atoms with Gasteiger partial charge in [0.25, 0.3) is 0 Å². The first kappa shape index (κ1) is 16.1. The van der Waals surface area contributed by atoms with Crippen molar-refractivity contribution in [1.29, 1.82) is 0 Å². The molecule has 2 aromatic heterocycles. The molecular weight excluding hydrogens is 334 g/mol. The summed E-state index contributed by atoms with van der Waals surface area (Å²) in [4.78, 5) is 16.1. The molecule has 3 heterocycles. The summed E-state index contributed by atoms with van der Waals surface area (Å²) >= 11 is 1.80. The second kappa shape index (κ2) is 6.82. The molecular formula is C19H19N3O2S. The second-order valence-corrected chi connectivity index (χ2v) is 7.20. The lowest BCUT2D eigenvalue weighted by Gasteiger charge is -2.35. The summed E-state index contributed by atoms with van der Waals surface area (Å²) in [6, 6.07) is 14.4. The summed E-state index contributed by atoms with van der Waals surface area (Å²) in [5.41, 5.74) is 2.53. The van der Waals surface area contributed by atoms with Crippen LogP contribution in [-0.2, 0) is 11.2 Å². The van der Waals surface area contributed by atoms with Gasteiger partial charge in [0, 0.05) is 17.5 Å². The van der Waals surface area contributed by atoms with Gasteiger partial charge in [-0.1, -0.05) is 35.5 Å². The Hall–Kier alpha value is -2.44. The van der Waals surface area contributed by atoms with Crippen LogP contribution in [0.15, 0.2) is 52.4 Å². The summed E-state index contributed by atoms with van der Waals surface area (Å²) in [6.07, 6.45) is 0.979. The van der Waals surface area contributed by atoms with Crippen molar-refractivity contribution in [2.24, 2.45) is 0 Å². The van der Waals surface area contributed by atoms with E-state index in [0.29, 0.717) is 18.1 Å². The zero-order chi connectivity index (χ0) is 17.2. The molecule has 0 saturated heterocycles. The van der Waals surface area contributed by atoms with Gasteiger partial charge in [-0.2, -0.15) is 0 Å². The average molecular weight is 353 g/mol. The van der Waals surface area contributed by atoms with Crippen LogP contribution < -0.4 is 5.32 Å². The quantitative estimate of drug-likeness (QED) is 0.778. The second-order valence-electron chi connectivity index (χ2n) is 6.20. The molecule has 0 saturated carbocycles. The fourth-order valence-corrected chi connectivity index (χ4v) is 4.26. The van der Waals surface area contributed by atoms with Crippen LogP contribution in [-0.4, -0.2) is 29.1 Å². The van der Waals surface area contributed by atoms with Crippen LogP contribution >= 0.6 is 11.3 Å². The molecule has 1 aromatic carbocycles. The highest BCUT2D eigenvalue weighted by Gasteiger charge is 2.30. The van der Waals surface area contributed by atoms with Crippen molar-refractivity contribution in [3.63, 3.8) is 0 Å². The number of aromatic nitrogens is 1. The minimum absolute atomic E-state index is 0.0760. The molecule has 4 rings (SSSR count). The Bertz CT molecular complexity index is 872. The molecule has 0 fully saturated rings. The number of amides is 1. The van der Waals surface area contributed by atoms with E-state index in [1.165, 1.54) is 16.0 Å². The number of thiophene rings is 1. The number of rotatable bonds is 4. The molecule has 25 heavy (non-hydrogen) atoms. The third kappa shape index (κ3) is 3.36. The largest absolute Gasteiger partial charge is 0.360 e. The van der Waals surface area contributed by atoms with Crippen LogP contribution in [0.1, 0.15) is 27.8 Å². The van der Waals surface area contributed by atoms with Crippen molar-refractivity contribution in [3.05, 3.63) is 69.6 Å². The summed E-state index contributed by atoms with van der Waals surface area (Å²) in [5.74, 6) is 1.07. The summed E-state index contributed by atoms with van der Waals surface area (Å²) < 4.78 is 5.00. The number of benzene rings is 1. The maximum Gasteiger partial charge on any atom is 0.239 e. The number of fused-ring (bicyclic) bond motifs is 1.